The highest BCUT2D eigenvalue weighted by Crippen LogP contribution is 2.50. The van der Waals surface area contributed by atoms with Gasteiger partial charge in [-0.05, 0) is 0 Å². The minimum atomic E-state index is -6.82. The Hall–Kier alpha value is -1.50. The summed E-state index contributed by atoms with van der Waals surface area (Å²) in [6, 6.07) is 0. The molecule has 0 aliphatic heterocycles. The number of aliphatic hydroxyl groups excluding tert-OH is 2. The highest BCUT2D eigenvalue weighted by Gasteiger charge is 2.75. The fraction of sp³-hybridized carbons (Fsp3) is 1.00. The molecule has 0 aliphatic rings. The maximum absolute atomic E-state index is 13.3. The molecule has 24 heteroatoms. The van der Waals surface area contributed by atoms with Crippen molar-refractivity contribution in [3.63, 3.8) is 0 Å². The standard InChI is InChI=1S/C15H14F18O6/c16-6(38-14(30,31)12(26,27)8(18,19)1-2-34)10(22,23)36-3-4-37-11(24,25)7(17)39-15(32,33)13(28,29)9(20,21)5-35/h6-7,34-35H,1-5H2. The van der Waals surface area contributed by atoms with E-state index in [9.17, 15) is 79.0 Å². The van der Waals surface area contributed by atoms with Crippen LogP contribution in [0.2, 0.25) is 0 Å². The van der Waals surface area contributed by atoms with Gasteiger partial charge in [0.25, 0.3) is 12.7 Å². The van der Waals surface area contributed by atoms with Crippen molar-refractivity contribution in [3.05, 3.63) is 0 Å². The van der Waals surface area contributed by atoms with Crippen molar-refractivity contribution in [2.75, 3.05) is 26.4 Å². The second-order valence-corrected chi connectivity index (χ2v) is 6.91. The van der Waals surface area contributed by atoms with Gasteiger partial charge in [-0.2, -0.15) is 70.2 Å². The third kappa shape index (κ3) is 8.27. The molecule has 0 radical (unpaired) electrons. The summed E-state index contributed by atoms with van der Waals surface area (Å²) in [5.41, 5.74) is 0. The van der Waals surface area contributed by atoms with Crippen LogP contribution in [0.1, 0.15) is 6.42 Å². The van der Waals surface area contributed by atoms with Gasteiger partial charge in [0, 0.05) is 13.0 Å². The first-order valence-electron chi connectivity index (χ1n) is 9.24. The molecule has 0 bridgehead atoms. The molecule has 0 aliphatic carbocycles. The van der Waals surface area contributed by atoms with Gasteiger partial charge in [0.2, 0.25) is 0 Å². The van der Waals surface area contributed by atoms with Gasteiger partial charge in [0.15, 0.2) is 0 Å². The van der Waals surface area contributed by atoms with Crippen molar-refractivity contribution in [3.8, 4) is 0 Å². The normalized spacial score (nSPS) is 16.9. The Bertz CT molecular complexity index is 778. The minimum Gasteiger partial charge on any atom is -0.396 e. The molecular formula is C15H14F18O6. The molecule has 2 atom stereocenters. The Labute approximate surface area is 203 Å². The molecule has 0 aromatic rings. The molecule has 6 nitrogen and oxygen atoms in total. The molecule has 0 saturated heterocycles. The molecule has 2 N–H and O–H groups in total. The molecule has 2 unspecified atom stereocenters. The average Bonchev–Trinajstić information content (AvgIpc) is 2.75. The van der Waals surface area contributed by atoms with E-state index in [1.807, 2.05) is 0 Å². The van der Waals surface area contributed by atoms with E-state index in [0.717, 1.165) is 0 Å². The van der Waals surface area contributed by atoms with Crippen LogP contribution in [-0.2, 0) is 18.9 Å². The molecule has 0 rings (SSSR count). The third-order valence-electron chi connectivity index (χ3n) is 3.98. The zero-order chi connectivity index (χ0) is 31.5. The Morgan fingerprint density at radius 2 is 0.821 bits per heavy atom. The van der Waals surface area contributed by atoms with E-state index in [4.69, 9.17) is 10.2 Å². The zero-order valence-corrected chi connectivity index (χ0v) is 18.0. The second kappa shape index (κ2) is 12.2. The topological polar surface area (TPSA) is 77.4 Å². The van der Waals surface area contributed by atoms with E-state index in [1.165, 1.54) is 0 Å². The van der Waals surface area contributed by atoms with E-state index in [-0.39, 0.29) is 0 Å². The molecule has 0 aromatic heterocycles. The first-order chi connectivity index (χ1) is 17.1. The van der Waals surface area contributed by atoms with Crippen LogP contribution in [0.15, 0.2) is 0 Å². The highest BCUT2D eigenvalue weighted by molar-refractivity contribution is 4.93. The van der Waals surface area contributed by atoms with Crippen molar-refractivity contribution >= 4 is 0 Å². The second-order valence-electron chi connectivity index (χ2n) is 6.91. The fourth-order valence-corrected chi connectivity index (χ4v) is 1.85. The van der Waals surface area contributed by atoms with Gasteiger partial charge in [-0.25, -0.2) is 8.78 Å². The lowest BCUT2D eigenvalue weighted by molar-refractivity contribution is -0.457. The van der Waals surface area contributed by atoms with Crippen molar-refractivity contribution < 1.29 is 108 Å². The van der Waals surface area contributed by atoms with Crippen LogP contribution < -0.4 is 0 Å². The third-order valence-corrected chi connectivity index (χ3v) is 3.98. The van der Waals surface area contributed by atoms with Crippen molar-refractivity contribution in [2.45, 2.75) is 67.3 Å². The Kier molecular flexibility index (Phi) is 11.7. The number of aliphatic hydroxyl groups is 2. The zero-order valence-electron chi connectivity index (χ0n) is 18.0. The van der Waals surface area contributed by atoms with Crippen LogP contribution in [0.3, 0.4) is 0 Å². The number of alkyl halides is 18. The van der Waals surface area contributed by atoms with Crippen LogP contribution in [0.5, 0.6) is 0 Å². The van der Waals surface area contributed by atoms with Gasteiger partial charge in [0.1, 0.15) is 6.61 Å². The molecule has 0 spiro atoms. The fourth-order valence-electron chi connectivity index (χ4n) is 1.85. The summed E-state index contributed by atoms with van der Waals surface area (Å²) >= 11 is 0. The van der Waals surface area contributed by atoms with Gasteiger partial charge < -0.3 is 19.7 Å². The largest absolute Gasteiger partial charge is 0.428 e. The van der Waals surface area contributed by atoms with Gasteiger partial charge in [-0.3, -0.25) is 9.47 Å². The molecular weight excluding hydrogens is 618 g/mol. The van der Waals surface area contributed by atoms with E-state index < -0.39 is 93.7 Å². The number of hydrogen-bond acceptors (Lipinski definition) is 6. The lowest BCUT2D eigenvalue weighted by atomic mass is 10.1. The maximum atomic E-state index is 13.3. The van der Waals surface area contributed by atoms with Crippen molar-refractivity contribution in [2.24, 2.45) is 0 Å². The van der Waals surface area contributed by atoms with E-state index in [2.05, 4.69) is 18.9 Å². The molecule has 39 heavy (non-hydrogen) atoms. The van der Waals surface area contributed by atoms with Gasteiger partial charge >= 0.3 is 48.1 Å². The number of rotatable bonds is 18. The van der Waals surface area contributed by atoms with Gasteiger partial charge in [-0.1, -0.05) is 0 Å². The summed E-state index contributed by atoms with van der Waals surface area (Å²) < 4.78 is 247. The first kappa shape index (κ1) is 37.5. The number of halogens is 18. The Morgan fingerprint density at radius 1 is 0.513 bits per heavy atom. The van der Waals surface area contributed by atoms with E-state index in [1.54, 1.807) is 0 Å². The predicted octanol–water partition coefficient (Wildman–Crippen LogP) is 4.93. The van der Waals surface area contributed by atoms with E-state index in [0.29, 0.717) is 0 Å². The summed E-state index contributed by atoms with van der Waals surface area (Å²) in [7, 11) is 0. The lowest BCUT2D eigenvalue weighted by Crippen LogP contribution is -2.59. The maximum Gasteiger partial charge on any atom is 0.428 e. The summed E-state index contributed by atoms with van der Waals surface area (Å²) in [5.74, 6) is -25.5. The molecule has 236 valence electrons. The molecule has 0 heterocycles. The highest BCUT2D eigenvalue weighted by atomic mass is 19.4. The smallest absolute Gasteiger partial charge is 0.396 e. The van der Waals surface area contributed by atoms with Crippen LogP contribution >= 0.6 is 0 Å². The lowest BCUT2D eigenvalue weighted by Gasteiger charge is -2.33. The summed E-state index contributed by atoms with van der Waals surface area (Å²) in [5, 5.41) is 16.1. The monoisotopic (exact) mass is 632 g/mol. The van der Waals surface area contributed by atoms with Crippen LogP contribution in [-0.4, -0.2) is 97.5 Å². The van der Waals surface area contributed by atoms with Crippen LogP contribution in [0.25, 0.3) is 0 Å². The van der Waals surface area contributed by atoms with Crippen LogP contribution in [0, 0.1) is 0 Å². The molecule has 0 fully saturated rings. The number of hydrogen-bond donors (Lipinski definition) is 2. The van der Waals surface area contributed by atoms with Crippen molar-refractivity contribution in [1.82, 2.24) is 0 Å². The quantitative estimate of drug-likeness (QED) is 0.165. The molecule has 0 amide bonds. The SMILES string of the molecule is OCCC(F)(F)C(F)(F)C(F)(F)OC(F)C(F)(F)OCCOC(F)(F)C(F)OC(F)(F)C(F)(F)C(F)(F)CO. The van der Waals surface area contributed by atoms with E-state index >= 15 is 0 Å². The predicted molar refractivity (Wildman–Crippen MR) is 82.2 cm³/mol. The number of ether oxygens (including phenoxy) is 4. The van der Waals surface area contributed by atoms with Gasteiger partial charge in [0.05, 0.1) is 13.2 Å². The van der Waals surface area contributed by atoms with Gasteiger partial charge in [-0.15, -0.1) is 0 Å². The summed E-state index contributed by atoms with van der Waals surface area (Å²) in [4.78, 5) is 0. The summed E-state index contributed by atoms with van der Waals surface area (Å²) in [6.07, 6.45) is -37.9. The minimum absolute atomic E-state index is 1.85. The Balaban J connectivity index is 5.19. The average molecular weight is 632 g/mol. The van der Waals surface area contributed by atoms with Crippen LogP contribution in [0.4, 0.5) is 79.0 Å². The Morgan fingerprint density at radius 3 is 1.10 bits per heavy atom. The first-order valence-corrected chi connectivity index (χ1v) is 9.24. The summed E-state index contributed by atoms with van der Waals surface area (Å²) in [6.45, 7) is -9.34. The molecule has 0 saturated carbocycles. The molecule has 0 aromatic carbocycles. The van der Waals surface area contributed by atoms with Crippen molar-refractivity contribution in [1.29, 1.82) is 0 Å².